The minimum Gasteiger partial charge on any atom is -0.466 e. The molecule has 30 heavy (non-hydrogen) atoms. The lowest BCUT2D eigenvalue weighted by Gasteiger charge is -2.28. The van der Waals surface area contributed by atoms with Gasteiger partial charge in [0.05, 0.1) is 30.2 Å². The van der Waals surface area contributed by atoms with E-state index < -0.39 is 11.5 Å². The first kappa shape index (κ1) is 22.9. The van der Waals surface area contributed by atoms with Crippen LogP contribution in [0, 0.1) is 11.3 Å². The molecule has 5 atom stereocenters. The molecule has 0 aromatic carbocycles. The molecule has 0 radical (unpaired) electrons. The summed E-state index contributed by atoms with van der Waals surface area (Å²) in [6, 6.07) is -0.843. The summed E-state index contributed by atoms with van der Waals surface area (Å²) in [7, 11) is 3.41. The Bertz CT molecular complexity index is 679. The molecule has 2 heterocycles. The number of hydrogen-bond acceptors (Lipinski definition) is 6. The second kappa shape index (κ2) is 10.1. The lowest BCUT2D eigenvalue weighted by atomic mass is 9.91. The fourth-order valence-electron chi connectivity index (χ4n) is 4.96. The molecule has 2 fully saturated rings. The van der Waals surface area contributed by atoms with Crippen LogP contribution >= 0.6 is 0 Å². The van der Waals surface area contributed by atoms with Crippen LogP contribution in [0.15, 0.2) is 12.2 Å². The van der Waals surface area contributed by atoms with Crippen molar-refractivity contribution in [1.29, 1.82) is 0 Å². The van der Waals surface area contributed by atoms with Gasteiger partial charge in [-0.3, -0.25) is 14.4 Å². The highest BCUT2D eigenvalue weighted by atomic mass is 16.5. The number of nitrogens with zero attached hydrogens (tertiary/aromatic N) is 1. The molecule has 3 aliphatic rings. The molecule has 0 aromatic heterocycles. The SMILES string of the molecule is CCOC(=O)[C@]12CC(=O)[C@@H]3CC(OC)CN3C(=O)[C@@H](NC)CCCCC/C=C\[C@H]1C2. The van der Waals surface area contributed by atoms with E-state index in [4.69, 9.17) is 9.47 Å². The lowest BCUT2D eigenvalue weighted by molar-refractivity contribution is -0.152. The number of esters is 1. The molecule has 0 spiro atoms. The Kier molecular flexibility index (Phi) is 7.69. The molecule has 1 saturated heterocycles. The molecule has 2 aliphatic heterocycles. The van der Waals surface area contributed by atoms with E-state index in [9.17, 15) is 14.4 Å². The van der Waals surface area contributed by atoms with Gasteiger partial charge in [-0.2, -0.15) is 0 Å². The van der Waals surface area contributed by atoms with Gasteiger partial charge in [-0.1, -0.05) is 25.0 Å². The monoisotopic (exact) mass is 420 g/mol. The molecule has 7 heteroatoms. The maximum absolute atomic E-state index is 13.4. The van der Waals surface area contributed by atoms with Crippen molar-refractivity contribution in [2.24, 2.45) is 11.3 Å². The van der Waals surface area contributed by atoms with E-state index in [0.29, 0.717) is 26.0 Å². The lowest BCUT2D eigenvalue weighted by Crippen LogP contribution is -2.50. The van der Waals surface area contributed by atoms with Gasteiger partial charge in [-0.15, -0.1) is 0 Å². The number of fused-ring (bicyclic) bond motifs is 2. The van der Waals surface area contributed by atoms with Gasteiger partial charge in [-0.05, 0) is 45.6 Å². The van der Waals surface area contributed by atoms with Crippen molar-refractivity contribution in [2.45, 2.75) is 76.5 Å². The van der Waals surface area contributed by atoms with Crippen LogP contribution in [0.5, 0.6) is 0 Å². The quantitative estimate of drug-likeness (QED) is 0.555. The topological polar surface area (TPSA) is 84.9 Å². The number of amides is 1. The fourth-order valence-corrected chi connectivity index (χ4v) is 4.96. The van der Waals surface area contributed by atoms with E-state index in [2.05, 4.69) is 17.5 Å². The summed E-state index contributed by atoms with van der Waals surface area (Å²) >= 11 is 0. The molecule has 1 N–H and O–H groups in total. The van der Waals surface area contributed by atoms with Gasteiger partial charge < -0.3 is 19.7 Å². The third-order valence-electron chi connectivity index (χ3n) is 6.93. The van der Waals surface area contributed by atoms with Crippen molar-refractivity contribution in [3.05, 3.63) is 12.2 Å². The summed E-state index contributed by atoms with van der Waals surface area (Å²) in [6.45, 7) is 2.50. The van der Waals surface area contributed by atoms with Crippen LogP contribution in [0.2, 0.25) is 0 Å². The number of methoxy groups -OCH3 is 1. The summed E-state index contributed by atoms with van der Waals surface area (Å²) in [5.41, 5.74) is -0.772. The van der Waals surface area contributed by atoms with Crippen LogP contribution in [-0.2, 0) is 23.9 Å². The van der Waals surface area contributed by atoms with Gasteiger partial charge >= 0.3 is 5.97 Å². The van der Waals surface area contributed by atoms with Gasteiger partial charge in [0.15, 0.2) is 5.78 Å². The Morgan fingerprint density at radius 1 is 1.30 bits per heavy atom. The van der Waals surface area contributed by atoms with Crippen molar-refractivity contribution < 1.29 is 23.9 Å². The maximum atomic E-state index is 13.4. The zero-order chi connectivity index (χ0) is 21.7. The fraction of sp³-hybridized carbons (Fsp3) is 0.783. The normalized spacial score (nSPS) is 36.3. The summed E-state index contributed by atoms with van der Waals surface area (Å²) in [5.74, 6) is -0.346. The summed E-state index contributed by atoms with van der Waals surface area (Å²) in [6.07, 6.45) is 10.1. The molecular weight excluding hydrogens is 384 g/mol. The van der Waals surface area contributed by atoms with Crippen molar-refractivity contribution in [1.82, 2.24) is 10.2 Å². The number of hydrogen-bond donors (Lipinski definition) is 1. The number of nitrogens with one attached hydrogen (secondary N) is 1. The molecule has 168 valence electrons. The van der Waals surface area contributed by atoms with Crippen LogP contribution in [0.25, 0.3) is 0 Å². The second-order valence-corrected chi connectivity index (χ2v) is 8.84. The maximum Gasteiger partial charge on any atom is 0.313 e. The van der Waals surface area contributed by atoms with E-state index in [1.165, 1.54) is 0 Å². The zero-order valence-electron chi connectivity index (χ0n) is 18.5. The Morgan fingerprint density at radius 3 is 2.80 bits per heavy atom. The van der Waals surface area contributed by atoms with E-state index in [1.54, 1.807) is 26.0 Å². The first-order valence-electron chi connectivity index (χ1n) is 11.3. The summed E-state index contributed by atoms with van der Waals surface area (Å²) in [5, 5.41) is 3.13. The minimum atomic E-state index is -0.772. The van der Waals surface area contributed by atoms with Crippen molar-refractivity contribution in [3.63, 3.8) is 0 Å². The molecule has 1 amide bonds. The van der Waals surface area contributed by atoms with E-state index in [0.717, 1.165) is 32.1 Å². The standard InChI is InChI=1S/C23H36N2O5/c1-4-30-22(28)23-13-16(23)10-8-6-5-7-9-11-18(24-2)21(27)25-15-17(29-3)12-19(25)20(26)14-23/h8,10,16-19,24H,4-7,9,11-15H2,1-3H3/b10-8-/t16-,17?,18-,19-,23+/m0/s1. The van der Waals surface area contributed by atoms with Gasteiger partial charge in [0.25, 0.3) is 0 Å². The number of Topliss-reactive ketones (excluding diaryl/α,β-unsaturated/α-hetero) is 1. The predicted molar refractivity (Wildman–Crippen MR) is 113 cm³/mol. The molecule has 1 aliphatic carbocycles. The highest BCUT2D eigenvalue weighted by Crippen LogP contribution is 2.57. The second-order valence-electron chi connectivity index (χ2n) is 8.84. The van der Waals surface area contributed by atoms with Crippen molar-refractivity contribution in [2.75, 3.05) is 27.3 Å². The Morgan fingerprint density at radius 2 is 2.10 bits per heavy atom. The molecule has 1 saturated carbocycles. The number of allylic oxidation sites excluding steroid dienone is 2. The largest absolute Gasteiger partial charge is 0.466 e. The third kappa shape index (κ3) is 4.78. The zero-order valence-corrected chi connectivity index (χ0v) is 18.5. The molecule has 0 bridgehead atoms. The molecular formula is C23H36N2O5. The molecule has 0 aromatic rings. The number of ketones is 1. The minimum absolute atomic E-state index is 0.0408. The van der Waals surface area contributed by atoms with Crippen molar-refractivity contribution in [3.8, 4) is 0 Å². The Balaban J connectivity index is 1.86. The first-order valence-corrected chi connectivity index (χ1v) is 11.3. The van der Waals surface area contributed by atoms with Gasteiger partial charge in [-0.25, -0.2) is 0 Å². The molecule has 3 rings (SSSR count). The Labute approximate surface area is 179 Å². The predicted octanol–water partition coefficient (Wildman–Crippen LogP) is 2.24. The number of carbonyl (C=O) groups is 3. The Hall–Kier alpha value is -1.73. The highest BCUT2D eigenvalue weighted by Gasteiger charge is 2.61. The summed E-state index contributed by atoms with van der Waals surface area (Å²) in [4.78, 5) is 41.1. The highest BCUT2D eigenvalue weighted by molar-refractivity contribution is 5.95. The van der Waals surface area contributed by atoms with Gasteiger partial charge in [0.2, 0.25) is 5.91 Å². The van der Waals surface area contributed by atoms with Crippen LogP contribution in [-0.4, -0.2) is 68.1 Å². The average Bonchev–Trinajstić information content (AvgIpc) is 3.25. The van der Waals surface area contributed by atoms with Crippen molar-refractivity contribution >= 4 is 17.7 Å². The average molecular weight is 421 g/mol. The number of rotatable bonds is 4. The molecule has 1 unspecified atom stereocenters. The van der Waals surface area contributed by atoms with Crippen LogP contribution < -0.4 is 5.32 Å². The van der Waals surface area contributed by atoms with Gasteiger partial charge in [0, 0.05) is 26.5 Å². The first-order chi connectivity index (χ1) is 14.5. The number of carbonyl (C=O) groups excluding carboxylic acids is 3. The number of ether oxygens (including phenoxy) is 2. The van der Waals surface area contributed by atoms with Crippen LogP contribution in [0.3, 0.4) is 0 Å². The smallest absolute Gasteiger partial charge is 0.313 e. The van der Waals surface area contributed by atoms with E-state index in [1.807, 2.05) is 0 Å². The van der Waals surface area contributed by atoms with Gasteiger partial charge in [0.1, 0.15) is 0 Å². The van der Waals surface area contributed by atoms with E-state index >= 15 is 0 Å². The summed E-state index contributed by atoms with van der Waals surface area (Å²) < 4.78 is 10.8. The number of likely N-dealkylation sites (N-methyl/N-ethyl adjacent to an activating group) is 1. The van der Waals surface area contributed by atoms with Crippen LogP contribution in [0.4, 0.5) is 0 Å². The van der Waals surface area contributed by atoms with E-state index in [-0.39, 0.29) is 42.1 Å². The van der Waals surface area contributed by atoms with Crippen LogP contribution in [0.1, 0.15) is 58.3 Å². The third-order valence-corrected chi connectivity index (χ3v) is 6.93. The molecule has 7 nitrogen and oxygen atoms in total.